The van der Waals surface area contributed by atoms with Crippen molar-refractivity contribution >= 4 is 34.6 Å². The van der Waals surface area contributed by atoms with Crippen LogP contribution in [0.1, 0.15) is 21.6 Å². The minimum atomic E-state index is -0.747. The van der Waals surface area contributed by atoms with Crippen LogP contribution in [0, 0.1) is 34.1 Å². The number of hydrogen-bond donors (Lipinski definition) is 1. The van der Waals surface area contributed by atoms with Crippen LogP contribution in [-0.4, -0.2) is 25.5 Å². The molecular weight excluding hydrogens is 430 g/mol. The fourth-order valence-electron chi connectivity index (χ4n) is 2.73. The number of nitrogens with one attached hydrogen (secondary N) is 1. The Balaban J connectivity index is 1.73. The minimum Gasteiger partial charge on any atom is -0.471 e. The molecule has 160 valence electrons. The molecule has 0 saturated heterocycles. The minimum absolute atomic E-state index is 0.00164. The summed E-state index contributed by atoms with van der Waals surface area (Å²) in [5.41, 5.74) is -0.283. The first kappa shape index (κ1) is 21.7. The summed E-state index contributed by atoms with van der Waals surface area (Å²) in [6.07, 6.45) is 1.51. The Morgan fingerprint density at radius 1 is 1.13 bits per heavy atom. The molecule has 0 spiro atoms. The molecule has 1 amide bonds. The topological polar surface area (TPSA) is 142 Å². The number of carbonyl (C=O) groups excluding carboxylic acids is 1. The first-order valence-electron chi connectivity index (χ1n) is 8.83. The summed E-state index contributed by atoms with van der Waals surface area (Å²) in [6, 6.07) is 8.70. The van der Waals surface area contributed by atoms with E-state index in [1.807, 2.05) is 6.92 Å². The Bertz CT molecular complexity index is 1160. The number of carbonyl (C=O) groups is 1. The van der Waals surface area contributed by atoms with Crippen molar-refractivity contribution in [2.75, 3.05) is 5.32 Å². The maximum absolute atomic E-state index is 12.4. The molecule has 0 unspecified atom stereocenters. The average molecular weight is 446 g/mol. The van der Waals surface area contributed by atoms with Gasteiger partial charge >= 0.3 is 0 Å². The third-order valence-corrected chi connectivity index (χ3v) is 4.79. The lowest BCUT2D eigenvalue weighted by Crippen LogP contribution is -2.15. The smallest absolute Gasteiger partial charge is 0.281 e. The molecule has 0 bridgehead atoms. The van der Waals surface area contributed by atoms with Gasteiger partial charge in [0.2, 0.25) is 0 Å². The van der Waals surface area contributed by atoms with Gasteiger partial charge in [-0.3, -0.25) is 25.0 Å². The van der Waals surface area contributed by atoms with Gasteiger partial charge in [-0.05, 0) is 43.7 Å². The molecule has 2 aromatic carbocycles. The lowest BCUT2D eigenvalue weighted by atomic mass is 10.1. The number of amides is 1. The van der Waals surface area contributed by atoms with Crippen LogP contribution in [0.25, 0.3) is 0 Å². The molecule has 1 aromatic heterocycles. The van der Waals surface area contributed by atoms with Crippen LogP contribution < -0.4 is 10.1 Å². The van der Waals surface area contributed by atoms with Crippen LogP contribution >= 0.6 is 11.6 Å². The van der Waals surface area contributed by atoms with E-state index in [9.17, 15) is 25.0 Å². The molecule has 3 rings (SSSR count). The molecule has 12 heteroatoms. The normalized spacial score (nSPS) is 10.5. The first-order chi connectivity index (χ1) is 14.7. The number of anilines is 1. The van der Waals surface area contributed by atoms with E-state index in [1.54, 1.807) is 18.2 Å². The number of aromatic nitrogens is 2. The van der Waals surface area contributed by atoms with Gasteiger partial charge in [0.1, 0.15) is 11.3 Å². The Morgan fingerprint density at radius 3 is 2.35 bits per heavy atom. The maximum atomic E-state index is 12.4. The van der Waals surface area contributed by atoms with Gasteiger partial charge < -0.3 is 10.1 Å². The lowest BCUT2D eigenvalue weighted by Gasteiger charge is -2.08. The highest BCUT2D eigenvalue weighted by atomic mass is 35.5. The first-order valence-corrected chi connectivity index (χ1v) is 9.20. The molecule has 0 saturated carbocycles. The van der Waals surface area contributed by atoms with Gasteiger partial charge in [-0.25, -0.2) is 4.68 Å². The van der Waals surface area contributed by atoms with Crippen molar-refractivity contribution in [1.29, 1.82) is 0 Å². The van der Waals surface area contributed by atoms with Crippen LogP contribution in [0.4, 0.5) is 17.1 Å². The molecule has 1 heterocycles. The molecule has 11 nitrogen and oxygen atoms in total. The highest BCUT2D eigenvalue weighted by Crippen LogP contribution is 2.31. The van der Waals surface area contributed by atoms with Gasteiger partial charge in [0, 0.05) is 23.4 Å². The van der Waals surface area contributed by atoms with Gasteiger partial charge in [0.15, 0.2) is 12.4 Å². The highest BCUT2D eigenvalue weighted by Gasteiger charge is 2.24. The Labute approximate surface area is 180 Å². The largest absolute Gasteiger partial charge is 0.471 e. The predicted molar refractivity (Wildman–Crippen MR) is 111 cm³/mol. The molecular formula is C19H16ClN5O6. The van der Waals surface area contributed by atoms with Crippen LogP contribution in [0.5, 0.6) is 5.75 Å². The number of rotatable bonds is 7. The summed E-state index contributed by atoms with van der Waals surface area (Å²) in [7, 11) is 0. The molecule has 0 aliphatic carbocycles. The van der Waals surface area contributed by atoms with E-state index in [1.165, 1.54) is 23.9 Å². The monoisotopic (exact) mass is 445 g/mol. The second-order valence-electron chi connectivity index (χ2n) is 6.53. The fourth-order valence-corrected chi connectivity index (χ4v) is 2.85. The number of hydrogen-bond acceptors (Lipinski definition) is 7. The van der Waals surface area contributed by atoms with Gasteiger partial charge in [0.25, 0.3) is 17.3 Å². The Morgan fingerprint density at radius 2 is 1.77 bits per heavy atom. The molecule has 0 radical (unpaired) electrons. The average Bonchev–Trinajstić information content (AvgIpc) is 3.19. The Hall–Kier alpha value is -3.99. The number of nitro groups is 2. The van der Waals surface area contributed by atoms with Crippen molar-refractivity contribution in [2.24, 2.45) is 0 Å². The van der Waals surface area contributed by atoms with Gasteiger partial charge in [0.05, 0.1) is 15.5 Å². The van der Waals surface area contributed by atoms with Crippen molar-refractivity contribution < 1.29 is 19.4 Å². The number of aryl methyl sites for hydroxylation is 1. The van der Waals surface area contributed by atoms with Crippen molar-refractivity contribution in [1.82, 2.24) is 9.78 Å². The highest BCUT2D eigenvalue weighted by molar-refractivity contribution is 6.31. The number of ether oxygens (including phenoxy) is 1. The van der Waals surface area contributed by atoms with Gasteiger partial charge in [-0.2, -0.15) is 5.10 Å². The summed E-state index contributed by atoms with van der Waals surface area (Å²) in [6.45, 7) is 3.13. The molecule has 3 aromatic rings. The third kappa shape index (κ3) is 4.95. The quantitative estimate of drug-likeness (QED) is 0.422. The predicted octanol–water partition coefficient (Wildman–Crippen LogP) is 4.26. The third-order valence-electron chi connectivity index (χ3n) is 4.37. The summed E-state index contributed by atoms with van der Waals surface area (Å²) < 4.78 is 6.97. The van der Waals surface area contributed by atoms with Gasteiger partial charge in [-0.15, -0.1) is 0 Å². The molecule has 0 aliphatic rings. The van der Waals surface area contributed by atoms with Crippen molar-refractivity contribution in [2.45, 2.75) is 20.6 Å². The van der Waals surface area contributed by atoms with Gasteiger partial charge in [-0.1, -0.05) is 11.6 Å². The standard InChI is InChI=1S/C19H16ClN5O6/c1-11-7-14(3-4-15(11)20)31-10-23-6-5-16(22-23)19(26)21-13-8-17(24(27)28)12(2)18(9-13)25(29)30/h3-9H,10H2,1-2H3,(H,21,26). The van der Waals surface area contributed by atoms with Crippen LogP contribution in [0.2, 0.25) is 5.02 Å². The van der Waals surface area contributed by atoms with E-state index in [4.69, 9.17) is 16.3 Å². The molecule has 31 heavy (non-hydrogen) atoms. The zero-order chi connectivity index (χ0) is 22.7. The maximum Gasteiger partial charge on any atom is 0.281 e. The zero-order valence-corrected chi connectivity index (χ0v) is 17.1. The number of nitrogens with zero attached hydrogens (tertiary/aromatic N) is 4. The van der Waals surface area contributed by atoms with E-state index in [2.05, 4.69) is 10.4 Å². The van der Waals surface area contributed by atoms with Crippen molar-refractivity contribution in [3.63, 3.8) is 0 Å². The van der Waals surface area contributed by atoms with E-state index >= 15 is 0 Å². The van der Waals surface area contributed by atoms with E-state index in [0.717, 1.165) is 17.7 Å². The van der Waals surface area contributed by atoms with Crippen molar-refractivity contribution in [3.05, 3.63) is 84.7 Å². The summed E-state index contributed by atoms with van der Waals surface area (Å²) in [4.78, 5) is 33.3. The molecule has 0 atom stereocenters. The molecule has 1 N–H and O–H groups in total. The second-order valence-corrected chi connectivity index (χ2v) is 6.94. The number of halogens is 1. The summed E-state index contributed by atoms with van der Waals surface area (Å²) >= 11 is 5.97. The van der Waals surface area contributed by atoms with E-state index < -0.39 is 27.1 Å². The number of benzene rings is 2. The fraction of sp³-hybridized carbons (Fsp3) is 0.158. The lowest BCUT2D eigenvalue weighted by molar-refractivity contribution is -0.395. The van der Waals surface area contributed by atoms with Crippen molar-refractivity contribution in [3.8, 4) is 5.75 Å². The second kappa shape index (κ2) is 8.79. The molecule has 0 aliphatic heterocycles. The summed E-state index contributed by atoms with van der Waals surface area (Å²) in [5, 5.41) is 29.4. The van der Waals surface area contributed by atoms with Crippen LogP contribution in [0.15, 0.2) is 42.6 Å². The summed E-state index contributed by atoms with van der Waals surface area (Å²) in [5.74, 6) is -0.115. The van der Waals surface area contributed by atoms with Crippen LogP contribution in [-0.2, 0) is 6.73 Å². The molecule has 0 fully saturated rings. The SMILES string of the molecule is Cc1cc(OCn2ccc(C(=O)Nc3cc([N+](=O)[O-])c(C)c([N+](=O)[O-])c3)n2)ccc1Cl. The Kier molecular flexibility index (Phi) is 6.16. The number of nitro benzene ring substituents is 2. The van der Waals surface area contributed by atoms with E-state index in [0.29, 0.717) is 10.8 Å². The zero-order valence-electron chi connectivity index (χ0n) is 16.4. The van der Waals surface area contributed by atoms with Crippen LogP contribution in [0.3, 0.4) is 0 Å². The van der Waals surface area contributed by atoms with E-state index in [-0.39, 0.29) is 23.7 Å².